The van der Waals surface area contributed by atoms with Crippen LogP contribution in [0.15, 0.2) is 24.3 Å². The number of likely N-dealkylation sites (tertiary alicyclic amines) is 1. The standard InChI is InChI=1S/C17H23ClN4O2/c18-14-3-1-13(2-4-14)11-21-8-5-15(6-9-21)20-17(24)22-10-7-19-16(23)12-22/h1-4,15H,5-12H2,(H,19,23)(H,20,24). The van der Waals surface area contributed by atoms with E-state index >= 15 is 0 Å². The normalized spacial score (nSPS) is 19.9. The first-order valence-electron chi connectivity index (χ1n) is 8.39. The van der Waals surface area contributed by atoms with Gasteiger partial charge in [0.2, 0.25) is 5.91 Å². The Kier molecular flexibility index (Phi) is 5.58. The highest BCUT2D eigenvalue weighted by Gasteiger charge is 2.25. The van der Waals surface area contributed by atoms with Gasteiger partial charge in [0, 0.05) is 43.8 Å². The van der Waals surface area contributed by atoms with E-state index in [2.05, 4.69) is 27.7 Å². The number of carbonyl (C=O) groups excluding carboxylic acids is 2. The largest absolute Gasteiger partial charge is 0.353 e. The van der Waals surface area contributed by atoms with Crippen LogP contribution in [0.4, 0.5) is 4.79 Å². The summed E-state index contributed by atoms with van der Waals surface area (Å²) in [5.74, 6) is -0.0887. The molecule has 1 aromatic rings. The average Bonchev–Trinajstić information content (AvgIpc) is 2.59. The molecular weight excluding hydrogens is 328 g/mol. The highest BCUT2D eigenvalue weighted by atomic mass is 35.5. The molecule has 2 aliphatic heterocycles. The molecule has 3 amide bonds. The van der Waals surface area contributed by atoms with Crippen molar-refractivity contribution in [1.29, 1.82) is 0 Å². The van der Waals surface area contributed by atoms with Crippen LogP contribution in [-0.2, 0) is 11.3 Å². The molecule has 0 radical (unpaired) electrons. The second kappa shape index (κ2) is 7.85. The van der Waals surface area contributed by atoms with E-state index in [4.69, 9.17) is 11.6 Å². The minimum absolute atomic E-state index is 0.0887. The van der Waals surface area contributed by atoms with Crippen LogP contribution >= 0.6 is 11.6 Å². The predicted octanol–water partition coefficient (Wildman–Crippen LogP) is 1.45. The summed E-state index contributed by atoms with van der Waals surface area (Å²) in [5.41, 5.74) is 1.25. The molecule has 0 aromatic heterocycles. The number of benzene rings is 1. The van der Waals surface area contributed by atoms with Crippen molar-refractivity contribution in [2.24, 2.45) is 0 Å². The van der Waals surface area contributed by atoms with E-state index in [1.165, 1.54) is 5.56 Å². The number of hydrogen-bond acceptors (Lipinski definition) is 3. The van der Waals surface area contributed by atoms with E-state index in [-0.39, 0.29) is 24.5 Å². The molecule has 3 rings (SSSR count). The number of urea groups is 1. The molecule has 1 aromatic carbocycles. The topological polar surface area (TPSA) is 64.7 Å². The summed E-state index contributed by atoms with van der Waals surface area (Å²) < 4.78 is 0. The molecule has 2 aliphatic rings. The molecule has 0 bridgehead atoms. The maximum atomic E-state index is 12.2. The molecule has 0 unspecified atom stereocenters. The quantitative estimate of drug-likeness (QED) is 0.867. The molecule has 0 saturated carbocycles. The van der Waals surface area contributed by atoms with Gasteiger partial charge in [0.05, 0.1) is 0 Å². The van der Waals surface area contributed by atoms with E-state index in [0.717, 1.165) is 37.5 Å². The van der Waals surface area contributed by atoms with Crippen molar-refractivity contribution >= 4 is 23.5 Å². The molecule has 0 spiro atoms. The molecule has 2 N–H and O–H groups in total. The lowest BCUT2D eigenvalue weighted by Crippen LogP contribution is -2.55. The molecule has 24 heavy (non-hydrogen) atoms. The van der Waals surface area contributed by atoms with Gasteiger partial charge in [0.25, 0.3) is 0 Å². The zero-order valence-corrected chi connectivity index (χ0v) is 14.4. The third kappa shape index (κ3) is 4.61. The fourth-order valence-corrected chi connectivity index (χ4v) is 3.29. The number of rotatable bonds is 3. The molecule has 2 heterocycles. The third-order valence-corrected chi connectivity index (χ3v) is 4.81. The molecule has 2 fully saturated rings. The van der Waals surface area contributed by atoms with Gasteiger partial charge in [-0.05, 0) is 30.5 Å². The molecule has 7 heteroatoms. The number of nitrogens with one attached hydrogen (secondary N) is 2. The molecule has 6 nitrogen and oxygen atoms in total. The van der Waals surface area contributed by atoms with Gasteiger partial charge < -0.3 is 15.5 Å². The van der Waals surface area contributed by atoms with Crippen LogP contribution in [0, 0.1) is 0 Å². The van der Waals surface area contributed by atoms with E-state index in [1.807, 2.05) is 12.1 Å². The number of hydrogen-bond donors (Lipinski definition) is 2. The van der Waals surface area contributed by atoms with Crippen molar-refractivity contribution in [3.63, 3.8) is 0 Å². The number of nitrogens with zero attached hydrogens (tertiary/aromatic N) is 2. The van der Waals surface area contributed by atoms with Gasteiger partial charge in [-0.25, -0.2) is 4.79 Å². The Bertz CT molecular complexity index is 585. The van der Waals surface area contributed by atoms with Gasteiger partial charge in [-0.2, -0.15) is 0 Å². The number of halogens is 1. The number of piperidine rings is 1. The predicted molar refractivity (Wildman–Crippen MR) is 92.9 cm³/mol. The minimum Gasteiger partial charge on any atom is -0.353 e. The zero-order chi connectivity index (χ0) is 16.9. The molecule has 130 valence electrons. The lowest BCUT2D eigenvalue weighted by atomic mass is 10.0. The first-order chi connectivity index (χ1) is 11.6. The SMILES string of the molecule is O=C1CN(C(=O)NC2CCN(Cc3ccc(Cl)cc3)CC2)CCN1. The fourth-order valence-electron chi connectivity index (χ4n) is 3.16. The van der Waals surface area contributed by atoms with Crippen molar-refractivity contribution < 1.29 is 9.59 Å². The second-order valence-corrected chi connectivity index (χ2v) is 6.83. The summed E-state index contributed by atoms with van der Waals surface area (Å²) in [4.78, 5) is 27.6. The maximum Gasteiger partial charge on any atom is 0.318 e. The summed E-state index contributed by atoms with van der Waals surface area (Å²) in [5, 5.41) is 6.55. The van der Waals surface area contributed by atoms with Gasteiger partial charge >= 0.3 is 6.03 Å². The molecule has 0 atom stereocenters. The Morgan fingerprint density at radius 3 is 2.58 bits per heavy atom. The first-order valence-corrected chi connectivity index (χ1v) is 8.77. The van der Waals surface area contributed by atoms with Crippen molar-refractivity contribution in [2.45, 2.75) is 25.4 Å². The Morgan fingerprint density at radius 1 is 1.21 bits per heavy atom. The monoisotopic (exact) mass is 350 g/mol. The molecular formula is C17H23ClN4O2. The number of piperazine rings is 1. The Balaban J connectivity index is 1.42. The minimum atomic E-state index is -0.124. The summed E-state index contributed by atoms with van der Waals surface area (Å²) in [6.45, 7) is 4.08. The maximum absolute atomic E-state index is 12.2. The molecule has 0 aliphatic carbocycles. The van der Waals surface area contributed by atoms with Crippen molar-refractivity contribution in [3.8, 4) is 0 Å². The third-order valence-electron chi connectivity index (χ3n) is 4.56. The van der Waals surface area contributed by atoms with Crippen LogP contribution in [0.2, 0.25) is 5.02 Å². The average molecular weight is 351 g/mol. The highest BCUT2D eigenvalue weighted by molar-refractivity contribution is 6.30. The van der Waals surface area contributed by atoms with Gasteiger partial charge in [-0.3, -0.25) is 9.69 Å². The Labute approximate surface area is 147 Å². The van der Waals surface area contributed by atoms with Gasteiger partial charge in [-0.15, -0.1) is 0 Å². The van der Waals surface area contributed by atoms with Crippen LogP contribution in [0.1, 0.15) is 18.4 Å². The zero-order valence-electron chi connectivity index (χ0n) is 13.6. The van der Waals surface area contributed by atoms with Crippen LogP contribution in [0.25, 0.3) is 0 Å². The van der Waals surface area contributed by atoms with E-state index in [0.29, 0.717) is 13.1 Å². The van der Waals surface area contributed by atoms with Crippen molar-refractivity contribution in [2.75, 3.05) is 32.7 Å². The fraction of sp³-hybridized carbons (Fsp3) is 0.529. The van der Waals surface area contributed by atoms with Crippen LogP contribution in [-0.4, -0.2) is 60.5 Å². The van der Waals surface area contributed by atoms with Crippen molar-refractivity contribution in [3.05, 3.63) is 34.9 Å². The van der Waals surface area contributed by atoms with Gasteiger partial charge in [0.15, 0.2) is 0 Å². The number of amides is 3. The van der Waals surface area contributed by atoms with Gasteiger partial charge in [0.1, 0.15) is 6.54 Å². The highest BCUT2D eigenvalue weighted by Crippen LogP contribution is 2.16. The lowest BCUT2D eigenvalue weighted by molar-refractivity contribution is -0.123. The lowest BCUT2D eigenvalue weighted by Gasteiger charge is -2.34. The second-order valence-electron chi connectivity index (χ2n) is 6.40. The van der Waals surface area contributed by atoms with Crippen LogP contribution in [0.3, 0.4) is 0 Å². The number of carbonyl (C=O) groups is 2. The Morgan fingerprint density at radius 2 is 1.92 bits per heavy atom. The van der Waals surface area contributed by atoms with Crippen LogP contribution in [0.5, 0.6) is 0 Å². The smallest absolute Gasteiger partial charge is 0.318 e. The summed E-state index contributed by atoms with van der Waals surface area (Å²) >= 11 is 5.91. The van der Waals surface area contributed by atoms with Gasteiger partial charge in [-0.1, -0.05) is 23.7 Å². The van der Waals surface area contributed by atoms with E-state index in [1.54, 1.807) is 4.90 Å². The first kappa shape index (κ1) is 17.0. The Hall–Kier alpha value is -1.79. The summed E-state index contributed by atoms with van der Waals surface area (Å²) in [6.07, 6.45) is 1.86. The van der Waals surface area contributed by atoms with E-state index in [9.17, 15) is 9.59 Å². The molecule has 2 saturated heterocycles. The van der Waals surface area contributed by atoms with Crippen LogP contribution < -0.4 is 10.6 Å². The summed E-state index contributed by atoms with van der Waals surface area (Å²) in [7, 11) is 0. The van der Waals surface area contributed by atoms with Crippen molar-refractivity contribution in [1.82, 2.24) is 20.4 Å². The van der Waals surface area contributed by atoms with E-state index < -0.39 is 0 Å². The summed E-state index contributed by atoms with van der Waals surface area (Å²) in [6, 6.07) is 8.00.